The van der Waals surface area contributed by atoms with Gasteiger partial charge in [0.25, 0.3) is 0 Å². The molecule has 0 aromatic heterocycles. The molecule has 2 N–H and O–H groups in total. The maximum atomic E-state index is 11.6. The third-order valence-electron chi connectivity index (χ3n) is 2.57. The van der Waals surface area contributed by atoms with Crippen LogP contribution in [-0.2, 0) is 9.59 Å². The van der Waals surface area contributed by atoms with Gasteiger partial charge in [0.15, 0.2) is 0 Å². The van der Waals surface area contributed by atoms with Crippen molar-refractivity contribution in [1.82, 2.24) is 10.6 Å². The first-order valence-electron chi connectivity index (χ1n) is 6.49. The first kappa shape index (κ1) is 16.2. The van der Waals surface area contributed by atoms with Crippen LogP contribution < -0.4 is 10.6 Å². The minimum Gasteiger partial charge on any atom is -0.354 e. The molecule has 1 aromatic rings. The van der Waals surface area contributed by atoms with E-state index in [0.717, 1.165) is 5.56 Å². The van der Waals surface area contributed by atoms with Crippen molar-refractivity contribution in [2.24, 2.45) is 5.92 Å². The molecular formula is C15H19ClN2O2. The van der Waals surface area contributed by atoms with E-state index in [-0.39, 0.29) is 17.7 Å². The second-order valence-corrected chi connectivity index (χ2v) is 5.00. The third kappa shape index (κ3) is 5.89. The number of hydrogen-bond acceptors (Lipinski definition) is 2. The molecule has 2 amide bonds. The zero-order chi connectivity index (χ0) is 15.0. The Morgan fingerprint density at radius 3 is 2.50 bits per heavy atom. The van der Waals surface area contributed by atoms with Crippen LogP contribution in [0.4, 0.5) is 0 Å². The topological polar surface area (TPSA) is 58.2 Å². The van der Waals surface area contributed by atoms with Gasteiger partial charge in [0.05, 0.1) is 0 Å². The van der Waals surface area contributed by atoms with E-state index in [0.29, 0.717) is 18.1 Å². The van der Waals surface area contributed by atoms with Gasteiger partial charge in [0.1, 0.15) is 0 Å². The van der Waals surface area contributed by atoms with Crippen molar-refractivity contribution in [3.05, 3.63) is 40.9 Å². The lowest BCUT2D eigenvalue weighted by atomic mass is 10.2. The average Bonchev–Trinajstić information content (AvgIpc) is 2.42. The van der Waals surface area contributed by atoms with Crippen molar-refractivity contribution in [2.75, 3.05) is 13.1 Å². The molecule has 0 fully saturated rings. The molecule has 0 spiro atoms. The van der Waals surface area contributed by atoms with E-state index in [1.807, 2.05) is 32.0 Å². The summed E-state index contributed by atoms with van der Waals surface area (Å²) < 4.78 is 0. The maximum absolute atomic E-state index is 11.6. The van der Waals surface area contributed by atoms with Crippen molar-refractivity contribution in [3.8, 4) is 0 Å². The van der Waals surface area contributed by atoms with Gasteiger partial charge in [-0.05, 0) is 17.7 Å². The first-order chi connectivity index (χ1) is 9.50. The Morgan fingerprint density at radius 1 is 1.20 bits per heavy atom. The lowest BCUT2D eigenvalue weighted by Gasteiger charge is -2.07. The summed E-state index contributed by atoms with van der Waals surface area (Å²) in [5.41, 5.74) is 0.789. The van der Waals surface area contributed by atoms with Gasteiger partial charge >= 0.3 is 0 Å². The van der Waals surface area contributed by atoms with Gasteiger partial charge in [0, 0.05) is 30.1 Å². The van der Waals surface area contributed by atoms with E-state index >= 15 is 0 Å². The molecular weight excluding hydrogens is 276 g/mol. The predicted molar refractivity (Wildman–Crippen MR) is 81.3 cm³/mol. The fraction of sp³-hybridized carbons (Fsp3) is 0.333. The summed E-state index contributed by atoms with van der Waals surface area (Å²) in [5.74, 6) is -0.291. The second-order valence-electron chi connectivity index (χ2n) is 4.59. The Balaban J connectivity index is 2.31. The molecule has 0 atom stereocenters. The Kier molecular flexibility index (Phi) is 6.81. The number of hydrogen-bond donors (Lipinski definition) is 2. The zero-order valence-electron chi connectivity index (χ0n) is 11.7. The number of benzene rings is 1. The molecule has 0 heterocycles. The van der Waals surface area contributed by atoms with E-state index in [2.05, 4.69) is 10.6 Å². The Hall–Kier alpha value is -1.81. The van der Waals surface area contributed by atoms with Crippen LogP contribution in [0, 0.1) is 5.92 Å². The molecule has 0 radical (unpaired) electrons. The highest BCUT2D eigenvalue weighted by atomic mass is 35.5. The SMILES string of the molecule is CC(C)C(=O)NCCNC(=O)/C=C/c1ccccc1Cl. The molecule has 1 aromatic carbocycles. The highest BCUT2D eigenvalue weighted by Crippen LogP contribution is 2.15. The van der Waals surface area contributed by atoms with E-state index < -0.39 is 0 Å². The number of rotatable bonds is 6. The number of carbonyl (C=O) groups excluding carboxylic acids is 2. The summed E-state index contributed by atoms with van der Waals surface area (Å²) in [7, 11) is 0. The zero-order valence-corrected chi connectivity index (χ0v) is 12.4. The third-order valence-corrected chi connectivity index (χ3v) is 2.91. The van der Waals surface area contributed by atoms with E-state index in [1.165, 1.54) is 6.08 Å². The van der Waals surface area contributed by atoms with Crippen LogP contribution in [0.25, 0.3) is 6.08 Å². The molecule has 5 heteroatoms. The van der Waals surface area contributed by atoms with Gasteiger partial charge in [0.2, 0.25) is 11.8 Å². The van der Waals surface area contributed by atoms with Crippen LogP contribution in [0.5, 0.6) is 0 Å². The lowest BCUT2D eigenvalue weighted by Crippen LogP contribution is -2.35. The van der Waals surface area contributed by atoms with Crippen molar-refractivity contribution in [3.63, 3.8) is 0 Å². The predicted octanol–water partition coefficient (Wildman–Crippen LogP) is 2.24. The Bertz CT molecular complexity index is 498. The normalized spacial score (nSPS) is 10.8. The van der Waals surface area contributed by atoms with Gasteiger partial charge < -0.3 is 10.6 Å². The number of halogens is 1. The fourth-order valence-corrected chi connectivity index (χ4v) is 1.61. The van der Waals surface area contributed by atoms with Gasteiger partial charge in [-0.1, -0.05) is 43.6 Å². The number of carbonyl (C=O) groups is 2. The molecule has 1 rings (SSSR count). The molecule has 20 heavy (non-hydrogen) atoms. The monoisotopic (exact) mass is 294 g/mol. The molecule has 0 aliphatic heterocycles. The van der Waals surface area contributed by atoms with Crippen molar-refractivity contribution < 1.29 is 9.59 Å². The summed E-state index contributed by atoms with van der Waals surface area (Å²) in [6.45, 7) is 4.45. The van der Waals surface area contributed by atoms with Crippen LogP contribution in [0.15, 0.2) is 30.3 Å². The highest BCUT2D eigenvalue weighted by molar-refractivity contribution is 6.32. The standard InChI is InChI=1S/C15H19ClN2O2/c1-11(2)15(20)18-10-9-17-14(19)8-7-12-5-3-4-6-13(12)16/h3-8,11H,9-10H2,1-2H3,(H,17,19)(H,18,20)/b8-7+. The van der Waals surface area contributed by atoms with Crippen molar-refractivity contribution >= 4 is 29.5 Å². The Morgan fingerprint density at radius 2 is 1.85 bits per heavy atom. The van der Waals surface area contributed by atoms with Crippen LogP contribution in [-0.4, -0.2) is 24.9 Å². The van der Waals surface area contributed by atoms with E-state index in [1.54, 1.807) is 12.1 Å². The molecule has 108 valence electrons. The van der Waals surface area contributed by atoms with Crippen LogP contribution in [0.1, 0.15) is 19.4 Å². The van der Waals surface area contributed by atoms with Gasteiger partial charge in [-0.3, -0.25) is 9.59 Å². The van der Waals surface area contributed by atoms with Gasteiger partial charge in [-0.2, -0.15) is 0 Å². The highest BCUT2D eigenvalue weighted by Gasteiger charge is 2.05. The van der Waals surface area contributed by atoms with Crippen LogP contribution in [0.3, 0.4) is 0 Å². The number of nitrogens with one attached hydrogen (secondary N) is 2. The van der Waals surface area contributed by atoms with Crippen LogP contribution >= 0.6 is 11.6 Å². The quantitative estimate of drug-likeness (QED) is 0.624. The summed E-state index contributed by atoms with van der Waals surface area (Å²) in [6.07, 6.45) is 3.08. The summed E-state index contributed by atoms with van der Waals surface area (Å²) in [4.78, 5) is 22.8. The summed E-state index contributed by atoms with van der Waals surface area (Å²) in [6, 6.07) is 7.28. The number of amides is 2. The van der Waals surface area contributed by atoms with Gasteiger partial charge in [-0.25, -0.2) is 0 Å². The molecule has 4 nitrogen and oxygen atoms in total. The smallest absolute Gasteiger partial charge is 0.244 e. The van der Waals surface area contributed by atoms with Crippen molar-refractivity contribution in [2.45, 2.75) is 13.8 Å². The fourth-order valence-electron chi connectivity index (χ4n) is 1.41. The Labute approximate surface area is 124 Å². The summed E-state index contributed by atoms with van der Waals surface area (Å²) in [5, 5.41) is 6.00. The average molecular weight is 295 g/mol. The molecule has 0 aliphatic carbocycles. The molecule has 0 aliphatic rings. The molecule has 0 bridgehead atoms. The minimum atomic E-state index is -0.219. The van der Waals surface area contributed by atoms with E-state index in [4.69, 9.17) is 11.6 Å². The summed E-state index contributed by atoms with van der Waals surface area (Å²) >= 11 is 5.97. The molecule has 0 unspecified atom stereocenters. The van der Waals surface area contributed by atoms with E-state index in [9.17, 15) is 9.59 Å². The second kappa shape index (κ2) is 8.38. The van der Waals surface area contributed by atoms with Gasteiger partial charge in [-0.15, -0.1) is 0 Å². The molecule has 0 saturated heterocycles. The minimum absolute atomic E-state index is 0.0224. The maximum Gasteiger partial charge on any atom is 0.244 e. The lowest BCUT2D eigenvalue weighted by molar-refractivity contribution is -0.124. The van der Waals surface area contributed by atoms with Crippen molar-refractivity contribution in [1.29, 1.82) is 0 Å². The first-order valence-corrected chi connectivity index (χ1v) is 6.86. The largest absolute Gasteiger partial charge is 0.354 e. The van der Waals surface area contributed by atoms with Crippen LogP contribution in [0.2, 0.25) is 5.02 Å². The molecule has 0 saturated carbocycles.